The van der Waals surface area contributed by atoms with Crippen LogP contribution in [0.15, 0.2) is 48.5 Å². The van der Waals surface area contributed by atoms with E-state index in [0.717, 1.165) is 23.3 Å². The van der Waals surface area contributed by atoms with Crippen LogP contribution >= 0.6 is 34.5 Å². The summed E-state index contributed by atoms with van der Waals surface area (Å²) in [6.07, 6.45) is 2.33. The van der Waals surface area contributed by atoms with Crippen LogP contribution in [0.3, 0.4) is 0 Å². The average Bonchev–Trinajstić information content (AvgIpc) is 3.67. The van der Waals surface area contributed by atoms with Gasteiger partial charge >= 0.3 is 6.03 Å². The number of hydrogen-bond acceptors (Lipinski definition) is 5. The number of rotatable bonds is 11. The summed E-state index contributed by atoms with van der Waals surface area (Å²) in [7, 11) is 3.20. The number of methoxy groups -OCH3 is 2. The Hall–Kier alpha value is -2.94. The van der Waals surface area contributed by atoms with Crippen molar-refractivity contribution in [2.75, 3.05) is 32.6 Å². The minimum atomic E-state index is -0.386. The van der Waals surface area contributed by atoms with Gasteiger partial charge in [0.1, 0.15) is 6.54 Å². The molecule has 0 spiro atoms. The second-order valence-corrected chi connectivity index (χ2v) is 11.3. The molecule has 0 unspecified atom stereocenters. The molecule has 10 heteroatoms. The highest BCUT2D eigenvalue weighted by Gasteiger charge is 2.35. The van der Waals surface area contributed by atoms with Gasteiger partial charge in [0.15, 0.2) is 11.5 Å². The molecule has 1 aliphatic carbocycles. The number of carbonyl (C=O) groups excluding carboxylic acids is 2. The predicted octanol–water partition coefficient (Wildman–Crippen LogP) is 6.65. The van der Waals surface area contributed by atoms with Crippen molar-refractivity contribution in [3.8, 4) is 11.5 Å². The number of amides is 3. The Labute approximate surface area is 237 Å². The van der Waals surface area contributed by atoms with Crippen LogP contribution in [0.2, 0.25) is 10.0 Å². The number of aryl methyl sites for hydroxylation is 1. The third-order valence-corrected chi connectivity index (χ3v) is 7.98. The molecular formula is C28H31Cl2N3O4S. The molecule has 1 N–H and O–H groups in total. The quantitative estimate of drug-likeness (QED) is 0.278. The van der Waals surface area contributed by atoms with Gasteiger partial charge in [-0.1, -0.05) is 35.3 Å². The molecule has 0 saturated heterocycles. The molecule has 2 aromatic carbocycles. The van der Waals surface area contributed by atoms with Gasteiger partial charge < -0.3 is 24.6 Å². The molecule has 1 heterocycles. The molecule has 1 fully saturated rings. The van der Waals surface area contributed by atoms with Gasteiger partial charge in [-0.25, -0.2) is 4.79 Å². The Kier molecular flexibility index (Phi) is 9.41. The molecule has 4 rings (SSSR count). The second kappa shape index (κ2) is 12.7. The lowest BCUT2D eigenvalue weighted by Crippen LogP contribution is -2.45. The highest BCUT2D eigenvalue weighted by atomic mass is 35.5. The van der Waals surface area contributed by atoms with Gasteiger partial charge in [-0.2, -0.15) is 0 Å². The van der Waals surface area contributed by atoms with Crippen molar-refractivity contribution >= 4 is 52.2 Å². The van der Waals surface area contributed by atoms with E-state index in [9.17, 15) is 9.59 Å². The fourth-order valence-electron chi connectivity index (χ4n) is 4.14. The van der Waals surface area contributed by atoms with E-state index in [0.29, 0.717) is 46.7 Å². The van der Waals surface area contributed by atoms with Crippen molar-refractivity contribution in [2.45, 2.75) is 38.8 Å². The van der Waals surface area contributed by atoms with E-state index in [1.807, 2.05) is 42.2 Å². The number of nitrogens with one attached hydrogen (secondary N) is 1. The molecule has 202 valence electrons. The van der Waals surface area contributed by atoms with Crippen molar-refractivity contribution in [1.82, 2.24) is 9.80 Å². The van der Waals surface area contributed by atoms with Crippen molar-refractivity contribution in [3.63, 3.8) is 0 Å². The molecule has 0 radical (unpaired) electrons. The fraction of sp³-hybridized carbons (Fsp3) is 0.357. The van der Waals surface area contributed by atoms with Crippen LogP contribution in [-0.4, -0.2) is 55.1 Å². The Balaban J connectivity index is 1.49. The molecule has 0 aliphatic heterocycles. The summed E-state index contributed by atoms with van der Waals surface area (Å²) in [5, 5.41) is 3.50. The summed E-state index contributed by atoms with van der Waals surface area (Å²) in [4.78, 5) is 32.6. The standard InChI is InChI=1S/C28H31Cl2N3O4S/c1-18-7-11-21(38-18)16-32(14-13-19-8-12-24(36-2)25(15-19)37-3)26(34)17-33(20-9-10-20)28(35)31-27-22(29)5-4-6-23(27)30/h4-8,11-12,15,20H,9-10,13-14,16-17H2,1-3H3,(H,31,35). The number of urea groups is 1. The highest BCUT2D eigenvalue weighted by Crippen LogP contribution is 2.33. The van der Waals surface area contributed by atoms with E-state index in [1.165, 1.54) is 4.88 Å². The van der Waals surface area contributed by atoms with E-state index >= 15 is 0 Å². The summed E-state index contributed by atoms with van der Waals surface area (Å²) >= 11 is 14.2. The van der Waals surface area contributed by atoms with Crippen molar-refractivity contribution < 1.29 is 19.1 Å². The van der Waals surface area contributed by atoms with Crippen molar-refractivity contribution in [2.24, 2.45) is 0 Å². The fourth-order valence-corrected chi connectivity index (χ4v) is 5.54. The van der Waals surface area contributed by atoms with Crippen LogP contribution in [0.4, 0.5) is 10.5 Å². The lowest BCUT2D eigenvalue weighted by atomic mass is 10.1. The molecule has 7 nitrogen and oxygen atoms in total. The minimum absolute atomic E-state index is 0.0110. The van der Waals surface area contributed by atoms with Gasteiger partial charge in [-0.05, 0) is 68.1 Å². The van der Waals surface area contributed by atoms with E-state index in [4.69, 9.17) is 32.7 Å². The number of halogens is 2. The van der Waals surface area contributed by atoms with Gasteiger partial charge in [-0.15, -0.1) is 11.3 Å². The van der Waals surface area contributed by atoms with Gasteiger partial charge in [-0.3, -0.25) is 4.79 Å². The first kappa shape index (κ1) is 28.1. The normalized spacial score (nSPS) is 12.7. The molecule has 1 aromatic heterocycles. The average molecular weight is 577 g/mol. The smallest absolute Gasteiger partial charge is 0.322 e. The Morgan fingerprint density at radius 1 is 1.03 bits per heavy atom. The molecule has 0 bridgehead atoms. The molecule has 0 atom stereocenters. The zero-order chi connectivity index (χ0) is 27.2. The summed E-state index contributed by atoms with van der Waals surface area (Å²) < 4.78 is 10.8. The van der Waals surface area contributed by atoms with Crippen LogP contribution in [0.5, 0.6) is 11.5 Å². The number of para-hydroxylation sites is 1. The van der Waals surface area contributed by atoms with Gasteiger partial charge in [0.05, 0.1) is 36.5 Å². The van der Waals surface area contributed by atoms with E-state index in [-0.39, 0.29) is 24.5 Å². The number of anilines is 1. The third-order valence-electron chi connectivity index (χ3n) is 6.36. The first-order valence-corrected chi connectivity index (χ1v) is 13.9. The SMILES string of the molecule is COc1ccc(CCN(Cc2ccc(C)s2)C(=O)CN(C(=O)Nc2c(Cl)cccc2Cl)C2CC2)cc1OC. The number of benzene rings is 2. The summed E-state index contributed by atoms with van der Waals surface area (Å²) in [6, 6.07) is 14.5. The first-order valence-electron chi connectivity index (χ1n) is 12.3. The predicted molar refractivity (Wildman–Crippen MR) is 153 cm³/mol. The molecular weight excluding hydrogens is 545 g/mol. The topological polar surface area (TPSA) is 71.1 Å². The Morgan fingerprint density at radius 3 is 2.34 bits per heavy atom. The zero-order valence-corrected chi connectivity index (χ0v) is 24.0. The monoisotopic (exact) mass is 575 g/mol. The molecule has 1 saturated carbocycles. The van der Waals surface area contributed by atoms with Crippen LogP contribution in [0.25, 0.3) is 0 Å². The summed E-state index contributed by atoms with van der Waals surface area (Å²) in [5.41, 5.74) is 1.37. The molecule has 1 aliphatic rings. The maximum absolute atomic E-state index is 13.6. The Morgan fingerprint density at radius 2 is 1.74 bits per heavy atom. The van der Waals surface area contributed by atoms with E-state index < -0.39 is 0 Å². The molecule has 38 heavy (non-hydrogen) atoms. The van der Waals surface area contributed by atoms with Crippen molar-refractivity contribution in [1.29, 1.82) is 0 Å². The zero-order valence-electron chi connectivity index (χ0n) is 21.6. The maximum Gasteiger partial charge on any atom is 0.322 e. The second-order valence-electron chi connectivity index (χ2n) is 9.15. The highest BCUT2D eigenvalue weighted by molar-refractivity contribution is 7.11. The lowest BCUT2D eigenvalue weighted by Gasteiger charge is -2.28. The first-order chi connectivity index (χ1) is 18.3. The minimum Gasteiger partial charge on any atom is -0.493 e. The van der Waals surface area contributed by atoms with Crippen LogP contribution in [0.1, 0.15) is 28.2 Å². The summed E-state index contributed by atoms with van der Waals surface area (Å²) in [6.45, 7) is 2.97. The molecule has 3 aromatic rings. The van der Waals surface area contributed by atoms with Crippen LogP contribution in [0, 0.1) is 6.92 Å². The molecule has 3 amide bonds. The number of thiophene rings is 1. The van der Waals surface area contributed by atoms with Gasteiger partial charge in [0.2, 0.25) is 5.91 Å². The van der Waals surface area contributed by atoms with E-state index in [1.54, 1.807) is 48.7 Å². The number of nitrogens with zero attached hydrogens (tertiary/aromatic N) is 2. The van der Waals surface area contributed by atoms with Crippen LogP contribution in [-0.2, 0) is 17.8 Å². The van der Waals surface area contributed by atoms with E-state index in [2.05, 4.69) is 5.32 Å². The van der Waals surface area contributed by atoms with Crippen molar-refractivity contribution in [3.05, 3.63) is 73.9 Å². The maximum atomic E-state index is 13.6. The number of ether oxygens (including phenoxy) is 2. The summed E-state index contributed by atoms with van der Waals surface area (Å²) in [5.74, 6) is 1.18. The largest absolute Gasteiger partial charge is 0.493 e. The Bertz CT molecular complexity index is 1270. The van der Waals surface area contributed by atoms with Gasteiger partial charge in [0.25, 0.3) is 0 Å². The third kappa shape index (κ3) is 7.12. The number of hydrogen-bond donors (Lipinski definition) is 1. The lowest BCUT2D eigenvalue weighted by molar-refractivity contribution is -0.132. The number of carbonyl (C=O) groups is 2. The van der Waals surface area contributed by atoms with Crippen LogP contribution < -0.4 is 14.8 Å². The van der Waals surface area contributed by atoms with Gasteiger partial charge in [0, 0.05) is 22.3 Å².